The van der Waals surface area contributed by atoms with Gasteiger partial charge in [0.2, 0.25) is 0 Å². The maximum absolute atomic E-state index is 8.58. The molecule has 1 atom stereocenters. The van der Waals surface area contributed by atoms with Gasteiger partial charge >= 0.3 is 0 Å². The molecular formula is C12H19N3O. The molecular weight excluding hydrogens is 202 g/mol. The quantitative estimate of drug-likeness (QED) is 0.316. The third-order valence-electron chi connectivity index (χ3n) is 2.51. The van der Waals surface area contributed by atoms with Crippen LogP contribution >= 0.6 is 0 Å². The fraction of sp³-hybridized carbons (Fsp3) is 0.417. The van der Waals surface area contributed by atoms with Gasteiger partial charge < -0.3 is 16.3 Å². The first-order chi connectivity index (χ1) is 7.56. The predicted octanol–water partition coefficient (Wildman–Crippen LogP) is 2.36. The van der Waals surface area contributed by atoms with E-state index in [2.05, 4.69) is 30.4 Å². The van der Waals surface area contributed by atoms with E-state index in [0.29, 0.717) is 5.92 Å². The molecule has 88 valence electrons. The highest BCUT2D eigenvalue weighted by atomic mass is 16.4. The van der Waals surface area contributed by atoms with Crippen molar-refractivity contribution in [2.24, 2.45) is 10.9 Å². The first kappa shape index (κ1) is 12.4. The lowest BCUT2D eigenvalue weighted by molar-refractivity contribution is 0.316. The molecule has 0 fully saturated rings. The van der Waals surface area contributed by atoms with Crippen LogP contribution in [-0.2, 0) is 0 Å². The predicted molar refractivity (Wildman–Crippen MR) is 67.0 cm³/mol. The third-order valence-corrected chi connectivity index (χ3v) is 2.51. The van der Waals surface area contributed by atoms with E-state index in [1.165, 1.54) is 5.56 Å². The van der Waals surface area contributed by atoms with Crippen LogP contribution in [0.5, 0.6) is 0 Å². The van der Waals surface area contributed by atoms with E-state index in [0.717, 1.165) is 5.69 Å². The summed E-state index contributed by atoms with van der Waals surface area (Å²) in [5.74, 6) is 0.613. The molecule has 1 unspecified atom stereocenters. The van der Waals surface area contributed by atoms with Gasteiger partial charge in [0.05, 0.1) is 6.04 Å². The van der Waals surface area contributed by atoms with E-state index in [9.17, 15) is 0 Å². The molecule has 0 aliphatic rings. The highest BCUT2D eigenvalue weighted by molar-refractivity contribution is 5.87. The lowest BCUT2D eigenvalue weighted by Gasteiger charge is -2.18. The lowest BCUT2D eigenvalue weighted by Crippen LogP contribution is -2.33. The molecule has 0 radical (unpaired) electrons. The van der Waals surface area contributed by atoms with Gasteiger partial charge in [0.15, 0.2) is 5.84 Å². The molecule has 1 aromatic rings. The Labute approximate surface area is 96.2 Å². The number of nitrogens with zero attached hydrogens (tertiary/aromatic N) is 1. The second-order valence-electron chi connectivity index (χ2n) is 4.13. The number of nitrogens with one attached hydrogen (secondary N) is 1. The molecule has 1 rings (SSSR count). The number of benzene rings is 1. The largest absolute Gasteiger partial charge is 0.409 e. The Balaban J connectivity index is 2.89. The van der Waals surface area contributed by atoms with Gasteiger partial charge in [-0.15, -0.1) is 0 Å². The minimum absolute atomic E-state index is 0.179. The van der Waals surface area contributed by atoms with E-state index in [4.69, 9.17) is 10.9 Å². The molecule has 0 bridgehead atoms. The van der Waals surface area contributed by atoms with Crippen molar-refractivity contribution in [2.75, 3.05) is 5.32 Å². The zero-order chi connectivity index (χ0) is 12.1. The molecule has 0 saturated carbocycles. The van der Waals surface area contributed by atoms with Crippen molar-refractivity contribution in [3.05, 3.63) is 29.8 Å². The van der Waals surface area contributed by atoms with Crippen molar-refractivity contribution in [1.29, 1.82) is 0 Å². The van der Waals surface area contributed by atoms with Gasteiger partial charge in [0.1, 0.15) is 0 Å². The molecule has 0 saturated heterocycles. The van der Waals surface area contributed by atoms with E-state index in [-0.39, 0.29) is 11.9 Å². The summed E-state index contributed by atoms with van der Waals surface area (Å²) in [4.78, 5) is 0. The van der Waals surface area contributed by atoms with Crippen LogP contribution in [0.2, 0.25) is 0 Å². The van der Waals surface area contributed by atoms with Gasteiger partial charge in [0.25, 0.3) is 0 Å². The summed E-state index contributed by atoms with van der Waals surface area (Å²) in [5, 5.41) is 14.8. The molecule has 4 N–H and O–H groups in total. The molecule has 0 aromatic heterocycles. The second-order valence-corrected chi connectivity index (χ2v) is 4.13. The van der Waals surface area contributed by atoms with Crippen LogP contribution in [0.3, 0.4) is 0 Å². The summed E-state index contributed by atoms with van der Waals surface area (Å²) in [6.45, 7) is 6.12. The Morgan fingerprint density at radius 3 is 2.50 bits per heavy atom. The third kappa shape index (κ3) is 2.89. The molecule has 0 heterocycles. The van der Waals surface area contributed by atoms with Crippen molar-refractivity contribution in [1.82, 2.24) is 0 Å². The first-order valence-corrected chi connectivity index (χ1v) is 5.39. The number of hydrogen-bond acceptors (Lipinski definition) is 3. The summed E-state index contributed by atoms with van der Waals surface area (Å²) in [6, 6.07) is 7.86. The zero-order valence-corrected chi connectivity index (χ0v) is 9.94. The van der Waals surface area contributed by atoms with Crippen LogP contribution in [0.4, 0.5) is 5.69 Å². The normalized spacial score (nSPS) is 13.9. The van der Waals surface area contributed by atoms with Crippen LogP contribution in [-0.4, -0.2) is 17.1 Å². The summed E-state index contributed by atoms with van der Waals surface area (Å²) < 4.78 is 0. The van der Waals surface area contributed by atoms with Crippen LogP contribution in [0, 0.1) is 0 Å². The molecule has 16 heavy (non-hydrogen) atoms. The highest BCUT2D eigenvalue weighted by Crippen LogP contribution is 2.24. The summed E-state index contributed by atoms with van der Waals surface area (Å²) >= 11 is 0. The van der Waals surface area contributed by atoms with Crippen molar-refractivity contribution in [2.45, 2.75) is 32.7 Å². The maximum Gasteiger partial charge on any atom is 0.161 e. The fourth-order valence-corrected chi connectivity index (χ4v) is 1.53. The number of amidine groups is 1. The lowest BCUT2D eigenvalue weighted by atomic mass is 10.0. The van der Waals surface area contributed by atoms with E-state index in [1.54, 1.807) is 0 Å². The molecule has 0 amide bonds. The Morgan fingerprint density at radius 1 is 1.31 bits per heavy atom. The smallest absolute Gasteiger partial charge is 0.161 e. The molecule has 1 aromatic carbocycles. The SMILES string of the molecule is CC(Nc1ccccc1C(C)C)C(N)=NO. The zero-order valence-electron chi connectivity index (χ0n) is 9.94. The minimum Gasteiger partial charge on any atom is -0.409 e. The Hall–Kier alpha value is -1.71. The molecule has 0 spiro atoms. The second kappa shape index (κ2) is 5.39. The first-order valence-electron chi connectivity index (χ1n) is 5.39. The standard InChI is InChI=1S/C12H19N3O/c1-8(2)10-6-4-5-7-11(10)14-9(3)12(13)15-16/h4-9,14,16H,1-3H3,(H2,13,15). The van der Waals surface area contributed by atoms with E-state index < -0.39 is 0 Å². The van der Waals surface area contributed by atoms with Gasteiger partial charge in [0, 0.05) is 5.69 Å². The minimum atomic E-state index is -0.190. The highest BCUT2D eigenvalue weighted by Gasteiger charge is 2.11. The number of rotatable bonds is 4. The maximum atomic E-state index is 8.58. The van der Waals surface area contributed by atoms with Gasteiger partial charge in [-0.2, -0.15) is 0 Å². The monoisotopic (exact) mass is 221 g/mol. The van der Waals surface area contributed by atoms with Crippen LogP contribution in [0.15, 0.2) is 29.4 Å². The Bertz CT molecular complexity index is 374. The van der Waals surface area contributed by atoms with Gasteiger partial charge in [-0.3, -0.25) is 0 Å². The molecule has 0 aliphatic carbocycles. The Morgan fingerprint density at radius 2 is 1.94 bits per heavy atom. The van der Waals surface area contributed by atoms with Crippen LogP contribution < -0.4 is 11.1 Å². The van der Waals surface area contributed by atoms with Crippen LogP contribution in [0.25, 0.3) is 0 Å². The van der Waals surface area contributed by atoms with Crippen LogP contribution in [0.1, 0.15) is 32.3 Å². The number of para-hydroxylation sites is 1. The summed E-state index contributed by atoms with van der Waals surface area (Å²) in [7, 11) is 0. The van der Waals surface area contributed by atoms with Gasteiger partial charge in [-0.25, -0.2) is 0 Å². The van der Waals surface area contributed by atoms with E-state index in [1.807, 2.05) is 25.1 Å². The molecule has 4 nitrogen and oxygen atoms in total. The Kier molecular flexibility index (Phi) is 4.17. The van der Waals surface area contributed by atoms with Gasteiger partial charge in [-0.1, -0.05) is 37.2 Å². The van der Waals surface area contributed by atoms with Crippen molar-refractivity contribution in [3.8, 4) is 0 Å². The number of oxime groups is 1. The van der Waals surface area contributed by atoms with Crippen molar-refractivity contribution < 1.29 is 5.21 Å². The average molecular weight is 221 g/mol. The average Bonchev–Trinajstić information content (AvgIpc) is 2.28. The van der Waals surface area contributed by atoms with Crippen molar-refractivity contribution >= 4 is 11.5 Å². The number of nitrogens with two attached hydrogens (primary N) is 1. The summed E-state index contributed by atoms with van der Waals surface area (Å²) in [5.41, 5.74) is 7.77. The molecule has 0 aliphatic heterocycles. The number of anilines is 1. The van der Waals surface area contributed by atoms with Gasteiger partial charge in [-0.05, 0) is 24.5 Å². The number of hydrogen-bond donors (Lipinski definition) is 3. The fourth-order valence-electron chi connectivity index (χ4n) is 1.53. The van der Waals surface area contributed by atoms with E-state index >= 15 is 0 Å². The molecule has 4 heteroatoms. The topological polar surface area (TPSA) is 70.6 Å². The summed E-state index contributed by atoms with van der Waals surface area (Å²) in [6.07, 6.45) is 0. The van der Waals surface area contributed by atoms with Crippen molar-refractivity contribution in [3.63, 3.8) is 0 Å².